The standard InChI is InChI=1S/C20H25N3O3S/c1-16-5-4-6-18(15-16)22-11-13-23(14-12-22)20(24)17-7-9-19(10-8-17)27(25,26)21(2)3/h4-10,15H,11-14H2,1-3H3. The molecule has 3 rings (SSSR count). The molecule has 2 aromatic rings. The Hall–Kier alpha value is -2.38. The molecule has 0 bridgehead atoms. The second-order valence-electron chi connectivity index (χ2n) is 6.93. The zero-order valence-corrected chi connectivity index (χ0v) is 16.7. The third-order valence-corrected chi connectivity index (χ3v) is 6.64. The number of hydrogen-bond acceptors (Lipinski definition) is 4. The molecule has 1 amide bonds. The van der Waals surface area contributed by atoms with Crippen LogP contribution in [0.15, 0.2) is 53.4 Å². The highest BCUT2D eigenvalue weighted by molar-refractivity contribution is 7.89. The lowest BCUT2D eigenvalue weighted by atomic mass is 10.1. The number of benzene rings is 2. The molecule has 27 heavy (non-hydrogen) atoms. The van der Waals surface area contributed by atoms with Gasteiger partial charge in [-0.15, -0.1) is 0 Å². The van der Waals surface area contributed by atoms with Crippen LogP contribution in [-0.2, 0) is 10.0 Å². The fraction of sp³-hybridized carbons (Fsp3) is 0.350. The van der Waals surface area contributed by atoms with Gasteiger partial charge in [-0.2, -0.15) is 0 Å². The van der Waals surface area contributed by atoms with E-state index in [-0.39, 0.29) is 10.8 Å². The number of nitrogens with zero attached hydrogens (tertiary/aromatic N) is 3. The number of anilines is 1. The second-order valence-corrected chi connectivity index (χ2v) is 9.08. The van der Waals surface area contributed by atoms with Gasteiger partial charge in [0.25, 0.3) is 5.91 Å². The topological polar surface area (TPSA) is 60.9 Å². The van der Waals surface area contributed by atoms with Crippen LogP contribution in [0.4, 0.5) is 5.69 Å². The number of hydrogen-bond donors (Lipinski definition) is 0. The van der Waals surface area contributed by atoms with E-state index >= 15 is 0 Å². The SMILES string of the molecule is Cc1cccc(N2CCN(C(=O)c3ccc(S(=O)(=O)N(C)C)cc3)CC2)c1. The number of amides is 1. The van der Waals surface area contributed by atoms with E-state index in [0.717, 1.165) is 17.4 Å². The van der Waals surface area contributed by atoms with Gasteiger partial charge in [0.05, 0.1) is 4.90 Å². The molecule has 0 spiro atoms. The summed E-state index contributed by atoms with van der Waals surface area (Å²) in [5, 5.41) is 0. The Labute approximate surface area is 161 Å². The van der Waals surface area contributed by atoms with Crippen LogP contribution in [0.5, 0.6) is 0 Å². The van der Waals surface area contributed by atoms with Crippen molar-refractivity contribution in [1.82, 2.24) is 9.21 Å². The molecule has 0 saturated carbocycles. The number of carbonyl (C=O) groups is 1. The van der Waals surface area contributed by atoms with Crippen LogP contribution in [-0.4, -0.2) is 63.8 Å². The Morgan fingerprint density at radius 1 is 0.963 bits per heavy atom. The van der Waals surface area contributed by atoms with Crippen LogP contribution in [0.1, 0.15) is 15.9 Å². The van der Waals surface area contributed by atoms with E-state index in [0.29, 0.717) is 18.7 Å². The average Bonchev–Trinajstić information content (AvgIpc) is 2.67. The quantitative estimate of drug-likeness (QED) is 0.807. The van der Waals surface area contributed by atoms with Crippen LogP contribution >= 0.6 is 0 Å². The minimum atomic E-state index is -3.48. The summed E-state index contributed by atoms with van der Waals surface area (Å²) in [6.07, 6.45) is 0. The predicted octanol–water partition coefficient (Wildman–Crippen LogP) is 2.21. The maximum Gasteiger partial charge on any atom is 0.253 e. The van der Waals surface area contributed by atoms with E-state index in [1.54, 1.807) is 12.1 Å². The lowest BCUT2D eigenvalue weighted by Gasteiger charge is -2.36. The Morgan fingerprint density at radius 3 is 2.15 bits per heavy atom. The van der Waals surface area contributed by atoms with Gasteiger partial charge in [-0.05, 0) is 48.9 Å². The summed E-state index contributed by atoms with van der Waals surface area (Å²) >= 11 is 0. The average molecular weight is 388 g/mol. The molecule has 1 saturated heterocycles. The van der Waals surface area contributed by atoms with Crippen molar-refractivity contribution in [1.29, 1.82) is 0 Å². The molecular weight excluding hydrogens is 362 g/mol. The molecule has 0 atom stereocenters. The zero-order chi connectivity index (χ0) is 19.6. The first-order valence-corrected chi connectivity index (χ1v) is 10.4. The Bertz CT molecular complexity index is 916. The van der Waals surface area contributed by atoms with Gasteiger partial charge in [0.1, 0.15) is 0 Å². The number of sulfonamides is 1. The van der Waals surface area contributed by atoms with Crippen molar-refractivity contribution in [2.24, 2.45) is 0 Å². The minimum absolute atomic E-state index is 0.0623. The van der Waals surface area contributed by atoms with E-state index in [4.69, 9.17) is 0 Å². The first kappa shape index (κ1) is 19.4. The van der Waals surface area contributed by atoms with Gasteiger partial charge in [0.2, 0.25) is 10.0 Å². The van der Waals surface area contributed by atoms with Crippen molar-refractivity contribution < 1.29 is 13.2 Å². The summed E-state index contributed by atoms with van der Waals surface area (Å²) in [7, 11) is -0.508. The molecule has 6 nitrogen and oxygen atoms in total. The molecule has 0 aliphatic carbocycles. The van der Waals surface area contributed by atoms with Crippen molar-refractivity contribution in [3.05, 3.63) is 59.7 Å². The molecule has 1 aliphatic heterocycles. The van der Waals surface area contributed by atoms with Crippen LogP contribution < -0.4 is 4.90 Å². The maximum atomic E-state index is 12.7. The fourth-order valence-corrected chi connectivity index (χ4v) is 4.06. The lowest BCUT2D eigenvalue weighted by Crippen LogP contribution is -2.48. The summed E-state index contributed by atoms with van der Waals surface area (Å²) in [6.45, 7) is 4.92. The Balaban J connectivity index is 1.66. The van der Waals surface area contributed by atoms with Crippen molar-refractivity contribution in [3.8, 4) is 0 Å². The van der Waals surface area contributed by atoms with E-state index in [9.17, 15) is 13.2 Å². The highest BCUT2D eigenvalue weighted by atomic mass is 32.2. The molecule has 1 heterocycles. The molecule has 1 fully saturated rings. The monoisotopic (exact) mass is 387 g/mol. The molecule has 144 valence electrons. The minimum Gasteiger partial charge on any atom is -0.368 e. The van der Waals surface area contributed by atoms with Crippen LogP contribution in [0.2, 0.25) is 0 Å². The summed E-state index contributed by atoms with van der Waals surface area (Å²) in [4.78, 5) is 17.0. The normalized spacial score (nSPS) is 15.3. The van der Waals surface area contributed by atoms with Crippen molar-refractivity contribution in [2.75, 3.05) is 45.2 Å². The van der Waals surface area contributed by atoms with Gasteiger partial charge in [0, 0.05) is 51.5 Å². The number of carbonyl (C=O) groups excluding carboxylic acids is 1. The summed E-state index contributed by atoms with van der Waals surface area (Å²) < 4.78 is 25.4. The first-order valence-electron chi connectivity index (χ1n) is 8.92. The number of rotatable bonds is 4. The van der Waals surface area contributed by atoms with Crippen LogP contribution in [0, 0.1) is 6.92 Å². The van der Waals surface area contributed by atoms with Crippen molar-refractivity contribution in [2.45, 2.75) is 11.8 Å². The summed E-state index contributed by atoms with van der Waals surface area (Å²) in [6, 6.07) is 14.5. The highest BCUT2D eigenvalue weighted by Crippen LogP contribution is 2.19. The highest BCUT2D eigenvalue weighted by Gasteiger charge is 2.23. The Kier molecular flexibility index (Phi) is 5.53. The third-order valence-electron chi connectivity index (χ3n) is 4.81. The van der Waals surface area contributed by atoms with Crippen LogP contribution in [0.3, 0.4) is 0 Å². The number of piperazine rings is 1. The first-order chi connectivity index (χ1) is 12.8. The molecular formula is C20H25N3O3S. The zero-order valence-electron chi connectivity index (χ0n) is 15.9. The molecule has 0 radical (unpaired) electrons. The van der Waals surface area contributed by atoms with Gasteiger partial charge in [-0.3, -0.25) is 4.79 Å². The van der Waals surface area contributed by atoms with Gasteiger partial charge < -0.3 is 9.80 Å². The van der Waals surface area contributed by atoms with E-state index in [1.165, 1.54) is 37.5 Å². The van der Waals surface area contributed by atoms with Gasteiger partial charge >= 0.3 is 0 Å². The van der Waals surface area contributed by atoms with E-state index in [2.05, 4.69) is 30.0 Å². The maximum absolute atomic E-state index is 12.7. The third kappa shape index (κ3) is 4.14. The Morgan fingerprint density at radius 2 is 1.59 bits per heavy atom. The van der Waals surface area contributed by atoms with Crippen LogP contribution in [0.25, 0.3) is 0 Å². The predicted molar refractivity (Wildman–Crippen MR) is 107 cm³/mol. The summed E-state index contributed by atoms with van der Waals surface area (Å²) in [5.74, 6) is -0.0623. The molecule has 0 N–H and O–H groups in total. The van der Waals surface area contributed by atoms with Gasteiger partial charge in [0.15, 0.2) is 0 Å². The van der Waals surface area contributed by atoms with Crippen molar-refractivity contribution >= 4 is 21.6 Å². The molecule has 1 aliphatic rings. The van der Waals surface area contributed by atoms with E-state index in [1.807, 2.05) is 11.0 Å². The number of aryl methyl sites for hydroxylation is 1. The summed E-state index contributed by atoms with van der Waals surface area (Å²) in [5.41, 5.74) is 2.91. The molecule has 7 heteroatoms. The molecule has 0 aromatic heterocycles. The van der Waals surface area contributed by atoms with Gasteiger partial charge in [-0.25, -0.2) is 12.7 Å². The fourth-order valence-electron chi connectivity index (χ4n) is 3.16. The van der Waals surface area contributed by atoms with E-state index < -0.39 is 10.0 Å². The second kappa shape index (κ2) is 7.70. The molecule has 2 aromatic carbocycles. The largest absolute Gasteiger partial charge is 0.368 e. The molecule has 0 unspecified atom stereocenters. The smallest absolute Gasteiger partial charge is 0.253 e. The lowest BCUT2D eigenvalue weighted by molar-refractivity contribution is 0.0746. The van der Waals surface area contributed by atoms with Gasteiger partial charge in [-0.1, -0.05) is 12.1 Å². The van der Waals surface area contributed by atoms with Crippen molar-refractivity contribution in [3.63, 3.8) is 0 Å².